The Balaban J connectivity index is 0.967. The van der Waals surface area contributed by atoms with E-state index in [1.807, 2.05) is 22.7 Å². The maximum atomic E-state index is 6.96. The van der Waals surface area contributed by atoms with Crippen LogP contribution in [-0.4, -0.2) is 26.4 Å². The molecule has 8 aromatic carbocycles. The van der Waals surface area contributed by atoms with Crippen LogP contribution in [0.4, 0.5) is 0 Å². The maximum Gasteiger partial charge on any atom is 0.136 e. The molecular weight excluding hydrogens is 861 g/mol. The van der Waals surface area contributed by atoms with Crippen molar-refractivity contribution in [1.82, 2.24) is 0 Å². The van der Waals surface area contributed by atoms with Gasteiger partial charge in [-0.3, -0.25) is 0 Å². The zero-order valence-electron chi connectivity index (χ0n) is 37.7. The first-order valence-corrected chi connectivity index (χ1v) is 25.3. The SMILES string of the molecule is Cc1sc(-c2cc3ccccc3c3c2OCCCOc2ccc4ccccc4c2-3)cc1C1=C(c2cc(-c3cc4ccccc4c4c3OCCCOc3ccc5ccccc5c3-4)sc2C)CCC1. The fourth-order valence-corrected chi connectivity index (χ4v) is 13.2. The van der Waals surface area contributed by atoms with Crippen LogP contribution in [-0.2, 0) is 0 Å². The average Bonchev–Trinajstić information content (AvgIpc) is 4.12. The van der Waals surface area contributed by atoms with Crippen molar-refractivity contribution < 1.29 is 18.9 Å². The van der Waals surface area contributed by atoms with Crippen molar-refractivity contribution >= 4 is 76.9 Å². The van der Waals surface area contributed by atoms with Crippen LogP contribution in [0.15, 0.2) is 146 Å². The Labute approximate surface area is 398 Å². The Morgan fingerprint density at radius 1 is 0.358 bits per heavy atom. The van der Waals surface area contributed by atoms with Crippen molar-refractivity contribution in [3.63, 3.8) is 0 Å². The Morgan fingerprint density at radius 3 is 1.19 bits per heavy atom. The van der Waals surface area contributed by atoms with E-state index in [0.717, 1.165) is 88.5 Å². The second-order valence-corrected chi connectivity index (χ2v) is 20.6. The molecule has 2 aromatic heterocycles. The number of ether oxygens (including phenoxy) is 4. The molecule has 0 saturated heterocycles. The highest BCUT2D eigenvalue weighted by Crippen LogP contribution is 2.55. The normalized spacial score (nSPS) is 14.9. The first kappa shape index (κ1) is 40.4. The van der Waals surface area contributed by atoms with E-state index in [-0.39, 0.29) is 0 Å². The monoisotopic (exact) mass is 908 g/mol. The zero-order chi connectivity index (χ0) is 44.6. The average molecular weight is 909 g/mol. The summed E-state index contributed by atoms with van der Waals surface area (Å²) in [6.45, 7) is 6.99. The summed E-state index contributed by atoms with van der Waals surface area (Å²) < 4.78 is 27.0. The Kier molecular flexibility index (Phi) is 9.94. The number of benzene rings is 8. The molecule has 328 valence electrons. The number of thiophene rings is 2. The molecule has 0 radical (unpaired) electrons. The van der Waals surface area contributed by atoms with E-state index < -0.39 is 0 Å². The molecule has 3 aliphatic rings. The molecule has 0 N–H and O–H groups in total. The highest BCUT2D eigenvalue weighted by molar-refractivity contribution is 7.16. The van der Waals surface area contributed by atoms with Gasteiger partial charge in [0, 0.05) is 65.7 Å². The third-order valence-corrected chi connectivity index (χ3v) is 16.3. The van der Waals surface area contributed by atoms with Crippen molar-refractivity contribution in [3.05, 3.63) is 166 Å². The number of rotatable bonds is 4. The molecule has 0 atom stereocenters. The molecule has 0 unspecified atom stereocenters. The molecule has 67 heavy (non-hydrogen) atoms. The van der Waals surface area contributed by atoms with Crippen LogP contribution in [0.2, 0.25) is 0 Å². The summed E-state index contributed by atoms with van der Waals surface area (Å²) in [7, 11) is 0. The highest BCUT2D eigenvalue weighted by atomic mass is 32.1. The lowest BCUT2D eigenvalue weighted by atomic mass is 9.89. The largest absolute Gasteiger partial charge is 0.493 e. The fourth-order valence-electron chi connectivity index (χ4n) is 11.1. The van der Waals surface area contributed by atoms with Crippen LogP contribution in [0.3, 0.4) is 0 Å². The molecule has 13 rings (SSSR count). The zero-order valence-corrected chi connectivity index (χ0v) is 39.3. The van der Waals surface area contributed by atoms with Gasteiger partial charge in [-0.05, 0) is 135 Å². The van der Waals surface area contributed by atoms with Crippen LogP contribution < -0.4 is 18.9 Å². The van der Waals surface area contributed by atoms with E-state index in [0.29, 0.717) is 26.4 Å². The number of hydrogen-bond donors (Lipinski definition) is 0. The van der Waals surface area contributed by atoms with Gasteiger partial charge >= 0.3 is 0 Å². The lowest BCUT2D eigenvalue weighted by Crippen LogP contribution is -2.04. The van der Waals surface area contributed by atoms with Gasteiger partial charge in [0.2, 0.25) is 0 Å². The van der Waals surface area contributed by atoms with E-state index in [4.69, 9.17) is 18.9 Å². The molecule has 0 fully saturated rings. The third-order valence-electron chi connectivity index (χ3n) is 14.1. The van der Waals surface area contributed by atoms with Gasteiger partial charge in [0.25, 0.3) is 0 Å². The van der Waals surface area contributed by atoms with Crippen molar-refractivity contribution in [3.8, 4) is 66.1 Å². The van der Waals surface area contributed by atoms with Crippen LogP contribution in [0.1, 0.15) is 53.0 Å². The first-order chi connectivity index (χ1) is 33.1. The fraction of sp³-hybridized carbons (Fsp3) is 0.180. The minimum atomic E-state index is 0.582. The van der Waals surface area contributed by atoms with Crippen LogP contribution >= 0.6 is 22.7 Å². The minimum absolute atomic E-state index is 0.582. The molecule has 0 bridgehead atoms. The topological polar surface area (TPSA) is 36.9 Å². The lowest BCUT2D eigenvalue weighted by molar-refractivity contribution is 0.253. The summed E-state index contributed by atoms with van der Waals surface area (Å²) in [6, 6.07) is 53.2. The molecular formula is C61H48O4S2. The molecule has 4 heterocycles. The van der Waals surface area contributed by atoms with Crippen LogP contribution in [0, 0.1) is 13.8 Å². The molecule has 1 aliphatic carbocycles. The second kappa shape index (κ2) is 16.5. The lowest BCUT2D eigenvalue weighted by Gasteiger charge is -2.20. The number of allylic oxidation sites excluding steroid dienone is 2. The third kappa shape index (κ3) is 6.75. The molecule has 2 aliphatic heterocycles. The van der Waals surface area contributed by atoms with Gasteiger partial charge in [-0.2, -0.15) is 0 Å². The molecule has 0 spiro atoms. The summed E-state index contributed by atoms with van der Waals surface area (Å²) in [5, 5.41) is 9.46. The number of hydrogen-bond acceptors (Lipinski definition) is 6. The van der Waals surface area contributed by atoms with Gasteiger partial charge in [-0.25, -0.2) is 0 Å². The molecule has 10 aromatic rings. The molecule has 0 amide bonds. The Morgan fingerprint density at radius 2 is 0.746 bits per heavy atom. The smallest absolute Gasteiger partial charge is 0.136 e. The van der Waals surface area contributed by atoms with E-state index in [1.165, 1.54) is 84.9 Å². The predicted octanol–water partition coefficient (Wildman–Crippen LogP) is 17.1. The highest BCUT2D eigenvalue weighted by Gasteiger charge is 2.29. The van der Waals surface area contributed by atoms with Crippen LogP contribution in [0.25, 0.3) is 97.4 Å². The summed E-state index contributed by atoms with van der Waals surface area (Å²) in [5.41, 5.74) is 12.4. The van der Waals surface area contributed by atoms with E-state index in [9.17, 15) is 0 Å². The van der Waals surface area contributed by atoms with Crippen molar-refractivity contribution in [2.75, 3.05) is 26.4 Å². The quantitative estimate of drug-likeness (QED) is 0.176. The second-order valence-electron chi connectivity index (χ2n) is 18.1. The van der Waals surface area contributed by atoms with E-state index in [1.54, 1.807) is 0 Å². The summed E-state index contributed by atoms with van der Waals surface area (Å²) in [4.78, 5) is 5.14. The Bertz CT molecular complexity index is 3420. The molecule has 0 saturated carbocycles. The molecule has 4 nitrogen and oxygen atoms in total. The predicted molar refractivity (Wildman–Crippen MR) is 282 cm³/mol. The van der Waals surface area contributed by atoms with Gasteiger partial charge in [-0.15, -0.1) is 22.7 Å². The Hall–Kier alpha value is -6.86. The minimum Gasteiger partial charge on any atom is -0.493 e. The van der Waals surface area contributed by atoms with Crippen molar-refractivity contribution in [2.24, 2.45) is 0 Å². The van der Waals surface area contributed by atoms with Gasteiger partial charge in [0.05, 0.1) is 26.4 Å². The number of fused-ring (bicyclic) bond motifs is 14. The van der Waals surface area contributed by atoms with E-state index in [2.05, 4.69) is 159 Å². The van der Waals surface area contributed by atoms with Gasteiger partial charge in [0.15, 0.2) is 0 Å². The number of aryl methyl sites for hydroxylation is 2. The summed E-state index contributed by atoms with van der Waals surface area (Å²) in [6.07, 6.45) is 4.85. The van der Waals surface area contributed by atoms with Crippen molar-refractivity contribution in [1.29, 1.82) is 0 Å². The van der Waals surface area contributed by atoms with E-state index >= 15 is 0 Å². The summed E-state index contributed by atoms with van der Waals surface area (Å²) >= 11 is 3.78. The van der Waals surface area contributed by atoms with Gasteiger partial charge < -0.3 is 18.9 Å². The van der Waals surface area contributed by atoms with Crippen LogP contribution in [0.5, 0.6) is 23.0 Å². The maximum absolute atomic E-state index is 6.96. The summed E-state index contributed by atoms with van der Waals surface area (Å²) in [5.74, 6) is 3.70. The van der Waals surface area contributed by atoms with Crippen molar-refractivity contribution in [2.45, 2.75) is 46.0 Å². The standard InChI is InChI=1S/C61H48O4S2/c1-36-48(34-54(66-36)50-32-40-16-5-9-20-44(40)58-56-42-18-7-3-14-38(42)24-26-52(56)62-28-12-30-64-60(50)58)46-22-11-23-47(46)49-35-55(67-37(49)2)51-33-41-17-6-10-21-45(41)59-57-43-19-8-4-15-39(43)25-27-53(57)63-29-13-31-65-61(51)59/h3-10,14-21,24-27,32-35H,11-13,22-23,28-31H2,1-2H3. The first-order valence-electron chi connectivity index (χ1n) is 23.7. The van der Waals surface area contributed by atoms with Gasteiger partial charge in [-0.1, -0.05) is 109 Å². The van der Waals surface area contributed by atoms with Gasteiger partial charge in [0.1, 0.15) is 23.0 Å². The molecule has 6 heteroatoms.